The van der Waals surface area contributed by atoms with E-state index in [1.807, 2.05) is 42.3 Å². The van der Waals surface area contributed by atoms with E-state index in [-0.39, 0.29) is 24.4 Å². The zero-order chi connectivity index (χ0) is 21.0. The number of carbonyl (C=O) groups excluding carboxylic acids is 2. The summed E-state index contributed by atoms with van der Waals surface area (Å²) in [5.41, 5.74) is 2.23. The van der Waals surface area contributed by atoms with Crippen LogP contribution in [0.15, 0.2) is 29.6 Å². The van der Waals surface area contributed by atoms with Crippen LogP contribution < -0.4 is 9.47 Å². The van der Waals surface area contributed by atoms with Crippen molar-refractivity contribution in [2.24, 2.45) is 0 Å². The standard InChI is InChI=1S/C22H28N2O4S/c1-5-9-23(22(26)20-7-6-11-29-20)14-21(25)24-10-8-16-12-18(27-3)19(28-4)13-17(16)15(24)2/h6-7,11-13,15H,5,8-10,14H2,1-4H3. The number of fused-ring (bicyclic) bond motifs is 1. The smallest absolute Gasteiger partial charge is 0.264 e. The Balaban J connectivity index is 1.78. The van der Waals surface area contributed by atoms with Gasteiger partial charge in [0.05, 0.1) is 25.1 Å². The summed E-state index contributed by atoms with van der Waals surface area (Å²) in [6.07, 6.45) is 1.55. The molecule has 0 fully saturated rings. The molecular formula is C22H28N2O4S. The Bertz CT molecular complexity index is 866. The van der Waals surface area contributed by atoms with Crippen LogP contribution in [0.4, 0.5) is 0 Å². The molecule has 0 N–H and O–H groups in total. The average Bonchev–Trinajstić information content (AvgIpc) is 3.27. The van der Waals surface area contributed by atoms with Crippen LogP contribution >= 0.6 is 11.3 Å². The van der Waals surface area contributed by atoms with Crippen molar-refractivity contribution < 1.29 is 19.1 Å². The molecule has 3 rings (SSSR count). The molecular weight excluding hydrogens is 388 g/mol. The van der Waals surface area contributed by atoms with Crippen LogP contribution in [0.25, 0.3) is 0 Å². The Kier molecular flexibility index (Phi) is 6.79. The molecule has 0 saturated heterocycles. The molecule has 2 amide bonds. The topological polar surface area (TPSA) is 59.1 Å². The van der Waals surface area contributed by atoms with E-state index in [9.17, 15) is 9.59 Å². The second kappa shape index (κ2) is 9.31. The number of hydrogen-bond acceptors (Lipinski definition) is 5. The van der Waals surface area contributed by atoms with Gasteiger partial charge in [-0.25, -0.2) is 0 Å². The molecule has 0 saturated carbocycles. The maximum Gasteiger partial charge on any atom is 0.264 e. The molecule has 0 spiro atoms. The summed E-state index contributed by atoms with van der Waals surface area (Å²) >= 11 is 1.40. The number of amides is 2. The van der Waals surface area contributed by atoms with Gasteiger partial charge in [0.15, 0.2) is 11.5 Å². The third-order valence-corrected chi connectivity index (χ3v) is 6.20. The first kappa shape index (κ1) is 21.2. The van der Waals surface area contributed by atoms with Crippen LogP contribution in [0.3, 0.4) is 0 Å². The number of hydrogen-bond donors (Lipinski definition) is 0. The molecule has 1 unspecified atom stereocenters. The Morgan fingerprint density at radius 2 is 1.97 bits per heavy atom. The summed E-state index contributed by atoms with van der Waals surface area (Å²) in [7, 11) is 3.23. The highest BCUT2D eigenvalue weighted by atomic mass is 32.1. The van der Waals surface area contributed by atoms with Crippen LogP contribution in [-0.2, 0) is 11.2 Å². The first-order valence-corrected chi connectivity index (χ1v) is 10.7. The number of thiophene rings is 1. The number of nitrogens with zero attached hydrogens (tertiary/aromatic N) is 2. The molecule has 1 aromatic carbocycles. The first-order chi connectivity index (χ1) is 14.0. The highest BCUT2D eigenvalue weighted by Crippen LogP contribution is 2.37. The van der Waals surface area contributed by atoms with Crippen molar-refractivity contribution >= 4 is 23.2 Å². The van der Waals surface area contributed by atoms with Crippen molar-refractivity contribution in [3.8, 4) is 11.5 Å². The second-order valence-electron chi connectivity index (χ2n) is 7.12. The van der Waals surface area contributed by atoms with Crippen LogP contribution in [0, 0.1) is 0 Å². The third-order valence-electron chi connectivity index (χ3n) is 5.34. The Morgan fingerprint density at radius 3 is 2.59 bits per heavy atom. The van der Waals surface area contributed by atoms with Crippen LogP contribution in [0.1, 0.15) is 47.1 Å². The van der Waals surface area contributed by atoms with Gasteiger partial charge in [0.2, 0.25) is 5.91 Å². The Labute approximate surface area is 176 Å². The predicted octanol–water partition coefficient (Wildman–Crippen LogP) is 3.76. The average molecular weight is 417 g/mol. The van der Waals surface area contributed by atoms with Crippen molar-refractivity contribution in [1.29, 1.82) is 0 Å². The SMILES string of the molecule is CCCN(CC(=O)N1CCc2cc(OC)c(OC)cc2C1C)C(=O)c1cccs1. The second-order valence-corrected chi connectivity index (χ2v) is 8.07. The monoisotopic (exact) mass is 416 g/mol. The van der Waals surface area contributed by atoms with E-state index < -0.39 is 0 Å². The molecule has 1 aromatic heterocycles. The molecule has 1 aliphatic heterocycles. The van der Waals surface area contributed by atoms with Gasteiger partial charge < -0.3 is 19.3 Å². The van der Waals surface area contributed by atoms with E-state index >= 15 is 0 Å². The molecule has 1 aliphatic rings. The lowest BCUT2D eigenvalue weighted by molar-refractivity contribution is -0.134. The van der Waals surface area contributed by atoms with Gasteiger partial charge in [0, 0.05) is 13.1 Å². The van der Waals surface area contributed by atoms with E-state index in [2.05, 4.69) is 0 Å². The summed E-state index contributed by atoms with van der Waals surface area (Å²) in [5.74, 6) is 1.25. The van der Waals surface area contributed by atoms with Crippen molar-refractivity contribution in [2.45, 2.75) is 32.7 Å². The van der Waals surface area contributed by atoms with Crippen LogP contribution in [0.2, 0.25) is 0 Å². The lowest BCUT2D eigenvalue weighted by Crippen LogP contribution is -2.46. The number of carbonyl (C=O) groups is 2. The van der Waals surface area contributed by atoms with Crippen molar-refractivity contribution in [3.05, 3.63) is 45.6 Å². The lowest BCUT2D eigenvalue weighted by atomic mass is 9.92. The van der Waals surface area contributed by atoms with Gasteiger partial charge in [0.1, 0.15) is 6.54 Å². The molecule has 29 heavy (non-hydrogen) atoms. The van der Waals surface area contributed by atoms with Gasteiger partial charge in [-0.05, 0) is 54.5 Å². The van der Waals surface area contributed by atoms with E-state index in [1.165, 1.54) is 16.9 Å². The maximum absolute atomic E-state index is 13.1. The molecule has 2 heterocycles. The molecule has 1 atom stereocenters. The summed E-state index contributed by atoms with van der Waals surface area (Å²) in [6, 6.07) is 7.52. The molecule has 6 nitrogen and oxygen atoms in total. The number of benzene rings is 1. The minimum absolute atomic E-state index is 0.0312. The summed E-state index contributed by atoms with van der Waals surface area (Å²) in [4.78, 5) is 30.1. The van der Waals surface area contributed by atoms with Gasteiger partial charge in [-0.15, -0.1) is 11.3 Å². The molecule has 2 aromatic rings. The molecule has 0 aliphatic carbocycles. The largest absolute Gasteiger partial charge is 0.493 e. The fourth-order valence-corrected chi connectivity index (χ4v) is 4.51. The quantitative estimate of drug-likeness (QED) is 0.690. The molecule has 156 valence electrons. The van der Waals surface area contributed by atoms with Crippen LogP contribution in [0.5, 0.6) is 11.5 Å². The van der Waals surface area contributed by atoms with Crippen molar-refractivity contribution in [2.75, 3.05) is 33.9 Å². The van der Waals surface area contributed by atoms with E-state index in [4.69, 9.17) is 9.47 Å². The summed E-state index contributed by atoms with van der Waals surface area (Å²) in [6.45, 7) is 5.31. The maximum atomic E-state index is 13.1. The van der Waals surface area contributed by atoms with E-state index in [0.29, 0.717) is 29.5 Å². The number of ether oxygens (including phenoxy) is 2. The third kappa shape index (κ3) is 4.40. The molecule has 7 heteroatoms. The normalized spacial score (nSPS) is 15.6. The van der Waals surface area contributed by atoms with Gasteiger partial charge in [-0.1, -0.05) is 13.0 Å². The minimum atomic E-state index is -0.0913. The highest BCUT2D eigenvalue weighted by Gasteiger charge is 2.31. The van der Waals surface area contributed by atoms with E-state index in [0.717, 1.165) is 18.4 Å². The predicted molar refractivity (Wildman–Crippen MR) is 114 cm³/mol. The summed E-state index contributed by atoms with van der Waals surface area (Å²) < 4.78 is 10.8. The first-order valence-electron chi connectivity index (χ1n) is 9.87. The fourth-order valence-electron chi connectivity index (χ4n) is 3.82. The fraction of sp³-hybridized carbons (Fsp3) is 0.455. The van der Waals surface area contributed by atoms with Gasteiger partial charge in [-0.2, -0.15) is 0 Å². The van der Waals surface area contributed by atoms with Gasteiger partial charge in [0.25, 0.3) is 5.91 Å². The van der Waals surface area contributed by atoms with Crippen LogP contribution in [-0.4, -0.2) is 55.5 Å². The Morgan fingerprint density at radius 1 is 1.24 bits per heavy atom. The number of methoxy groups -OCH3 is 2. The Hall–Kier alpha value is -2.54. The minimum Gasteiger partial charge on any atom is -0.493 e. The number of rotatable bonds is 7. The summed E-state index contributed by atoms with van der Waals surface area (Å²) in [5, 5.41) is 1.88. The zero-order valence-electron chi connectivity index (χ0n) is 17.4. The highest BCUT2D eigenvalue weighted by molar-refractivity contribution is 7.12. The van der Waals surface area contributed by atoms with Gasteiger partial charge in [-0.3, -0.25) is 9.59 Å². The van der Waals surface area contributed by atoms with Crippen molar-refractivity contribution in [1.82, 2.24) is 9.80 Å². The van der Waals surface area contributed by atoms with E-state index in [1.54, 1.807) is 25.2 Å². The molecule has 0 radical (unpaired) electrons. The molecule has 0 bridgehead atoms. The zero-order valence-corrected chi connectivity index (χ0v) is 18.3. The van der Waals surface area contributed by atoms with Gasteiger partial charge >= 0.3 is 0 Å². The lowest BCUT2D eigenvalue weighted by Gasteiger charge is -2.37. The van der Waals surface area contributed by atoms with Crippen molar-refractivity contribution in [3.63, 3.8) is 0 Å².